The molecule has 16 heteroatoms. The molecule has 1 aromatic heterocycles. The van der Waals surface area contributed by atoms with Crippen molar-refractivity contribution < 1.29 is 45.4 Å². The number of aromatic nitrogens is 2. The summed E-state index contributed by atoms with van der Waals surface area (Å²) < 4.78 is 52.7. The predicted molar refractivity (Wildman–Crippen MR) is 146 cm³/mol. The first-order chi connectivity index (χ1) is 18.4. The highest BCUT2D eigenvalue weighted by molar-refractivity contribution is 8.13. The van der Waals surface area contributed by atoms with Crippen LogP contribution < -0.4 is 5.56 Å². The summed E-state index contributed by atoms with van der Waals surface area (Å²) >= 11 is 6.96. The fourth-order valence-electron chi connectivity index (χ4n) is 2.98. The van der Waals surface area contributed by atoms with E-state index in [-0.39, 0.29) is 51.6 Å². The predicted octanol–water partition coefficient (Wildman–Crippen LogP) is 2.90. The Kier molecular flexibility index (Phi) is 11.6. The number of thioether (sulfide) groups is 2. The number of ether oxygens (including phenoxy) is 1. The van der Waals surface area contributed by atoms with E-state index in [1.165, 1.54) is 13.1 Å². The van der Waals surface area contributed by atoms with Crippen molar-refractivity contribution in [2.45, 2.75) is 58.7 Å². The van der Waals surface area contributed by atoms with Gasteiger partial charge in [-0.1, -0.05) is 51.2 Å². The molecular formula is C22H35N2O10PS3. The van der Waals surface area contributed by atoms with Gasteiger partial charge in [0.05, 0.1) is 22.5 Å². The Balaban J connectivity index is 2.22. The number of carbonyl (C=O) groups is 2. The number of aliphatic hydroxyl groups is 2. The monoisotopic (exact) mass is 616 g/mol. The van der Waals surface area contributed by atoms with E-state index in [0.717, 1.165) is 34.2 Å². The minimum atomic E-state index is -4.71. The summed E-state index contributed by atoms with van der Waals surface area (Å²) in [6.07, 6.45) is -4.10. The fraction of sp³-hybridized carbons (Fsp3) is 0.727. The van der Waals surface area contributed by atoms with Crippen LogP contribution in [0.4, 0.5) is 0 Å². The highest BCUT2D eigenvalue weighted by Crippen LogP contribution is 2.51. The smallest absolute Gasteiger partial charge is 0.387 e. The zero-order valence-electron chi connectivity index (χ0n) is 23.6. The van der Waals surface area contributed by atoms with Crippen LogP contribution in [0.2, 0.25) is 0 Å². The van der Waals surface area contributed by atoms with Crippen molar-refractivity contribution >= 4 is 53.8 Å². The minimum Gasteiger partial charge on any atom is -0.387 e. The number of phosphoric acid groups is 1. The van der Waals surface area contributed by atoms with Crippen LogP contribution in [0.25, 0.3) is 0 Å². The standard InChI is InChI=1S/C22H35N2O10PS3/c1-13(2)18(27)37-10-8-31-35(30,32-9-11-38-19(28)14(3)4)33-12-15-17(26)22(5,29)20(34-15)24-7-6-16(25)23-21(24)36/h6-7,13-15,17,20,26,29H,8-12H2,1-5H3,(H,23,25,36)/t15-,17+,20-,22?/m1/s1/i12D2. The Morgan fingerprint density at radius 3 is 2.21 bits per heavy atom. The van der Waals surface area contributed by atoms with Gasteiger partial charge in [-0.15, -0.1) is 0 Å². The van der Waals surface area contributed by atoms with Gasteiger partial charge in [0, 0.05) is 35.6 Å². The molecule has 12 nitrogen and oxygen atoms in total. The lowest BCUT2D eigenvalue weighted by atomic mass is 9.96. The Morgan fingerprint density at radius 2 is 1.74 bits per heavy atom. The Morgan fingerprint density at radius 1 is 1.21 bits per heavy atom. The van der Waals surface area contributed by atoms with Crippen LogP contribution in [-0.4, -0.2) is 79.1 Å². The molecular weight excluding hydrogens is 579 g/mol. The van der Waals surface area contributed by atoms with E-state index in [1.54, 1.807) is 27.7 Å². The van der Waals surface area contributed by atoms with Gasteiger partial charge in [0.25, 0.3) is 5.56 Å². The van der Waals surface area contributed by atoms with Crippen molar-refractivity contribution in [3.63, 3.8) is 0 Å². The highest BCUT2D eigenvalue weighted by Gasteiger charge is 2.53. The van der Waals surface area contributed by atoms with E-state index in [2.05, 4.69) is 4.98 Å². The molecule has 38 heavy (non-hydrogen) atoms. The first-order valence-corrected chi connectivity index (χ1v) is 15.6. The molecule has 1 fully saturated rings. The third-order valence-corrected chi connectivity index (χ3v) is 9.04. The van der Waals surface area contributed by atoms with Crippen molar-refractivity contribution in [2.75, 3.05) is 31.3 Å². The van der Waals surface area contributed by atoms with E-state index in [4.69, 9.17) is 33.3 Å². The van der Waals surface area contributed by atoms with Crippen molar-refractivity contribution in [1.29, 1.82) is 0 Å². The Bertz CT molecular complexity index is 1180. The third-order valence-electron chi connectivity index (χ3n) is 5.14. The van der Waals surface area contributed by atoms with Crippen LogP contribution in [-0.2, 0) is 32.5 Å². The second kappa shape index (κ2) is 14.7. The summed E-state index contributed by atoms with van der Waals surface area (Å²) in [5, 5.41) is 21.5. The molecule has 0 aromatic carbocycles. The summed E-state index contributed by atoms with van der Waals surface area (Å²) in [6.45, 7) is 4.36. The van der Waals surface area contributed by atoms with E-state index in [9.17, 15) is 29.2 Å². The van der Waals surface area contributed by atoms with Gasteiger partial charge in [0.2, 0.25) is 0 Å². The van der Waals surface area contributed by atoms with Gasteiger partial charge in [0.15, 0.2) is 21.2 Å². The van der Waals surface area contributed by atoms with Gasteiger partial charge in [-0.05, 0) is 19.1 Å². The topological polar surface area (TPSA) is 166 Å². The lowest BCUT2D eigenvalue weighted by molar-refractivity contribution is -0.114. The number of carbonyl (C=O) groups excluding carboxylic acids is 2. The number of hydrogen-bond donors (Lipinski definition) is 3. The molecule has 1 unspecified atom stereocenters. The molecule has 1 aliphatic rings. The highest BCUT2D eigenvalue weighted by atomic mass is 32.2. The molecule has 216 valence electrons. The van der Waals surface area contributed by atoms with Crippen LogP contribution in [0.15, 0.2) is 17.1 Å². The summed E-state index contributed by atoms with van der Waals surface area (Å²) in [6, 6.07) is 1.10. The molecule has 0 saturated carbocycles. The van der Waals surface area contributed by atoms with E-state index in [0.29, 0.717) is 0 Å². The van der Waals surface area contributed by atoms with Crippen molar-refractivity contribution in [3.8, 4) is 0 Å². The maximum Gasteiger partial charge on any atom is 0.474 e. The number of phosphoric ester groups is 1. The molecule has 1 aromatic rings. The van der Waals surface area contributed by atoms with Crippen LogP contribution in [0, 0.1) is 16.6 Å². The number of H-pyrrole nitrogens is 1. The maximum absolute atomic E-state index is 13.5. The van der Waals surface area contributed by atoms with Crippen LogP contribution >= 0.6 is 43.6 Å². The number of nitrogens with one attached hydrogen (secondary N) is 1. The fourth-order valence-corrected chi connectivity index (χ4v) is 5.93. The molecule has 3 N–H and O–H groups in total. The Hall–Kier alpha value is -0.870. The zero-order valence-corrected chi connectivity index (χ0v) is 25.0. The molecule has 2 rings (SSSR count). The third kappa shape index (κ3) is 9.36. The molecule has 0 spiro atoms. The summed E-state index contributed by atoms with van der Waals surface area (Å²) in [5.41, 5.74) is -2.66. The van der Waals surface area contributed by atoms with Crippen molar-refractivity contribution in [1.82, 2.24) is 9.55 Å². The van der Waals surface area contributed by atoms with Crippen LogP contribution in [0.3, 0.4) is 0 Å². The summed E-state index contributed by atoms with van der Waals surface area (Å²) in [7, 11) is -4.71. The number of aliphatic hydroxyl groups excluding tert-OH is 1. The summed E-state index contributed by atoms with van der Waals surface area (Å²) in [4.78, 5) is 37.6. The number of hydrogen-bond acceptors (Lipinski definition) is 13. The second-order valence-electron chi connectivity index (χ2n) is 9.06. The van der Waals surface area contributed by atoms with E-state index < -0.39 is 44.0 Å². The number of nitrogens with zero attached hydrogens (tertiary/aromatic N) is 1. The Labute approximate surface area is 237 Å². The molecule has 2 heterocycles. The molecule has 0 aliphatic carbocycles. The number of rotatable bonds is 14. The van der Waals surface area contributed by atoms with Crippen LogP contribution in [0.5, 0.6) is 0 Å². The van der Waals surface area contributed by atoms with Gasteiger partial charge in [-0.25, -0.2) is 4.57 Å². The average molecular weight is 617 g/mol. The second-order valence-corrected chi connectivity index (χ2v) is 13.2. The summed E-state index contributed by atoms with van der Waals surface area (Å²) in [5.74, 6) is -0.347. The quantitative estimate of drug-likeness (QED) is 0.159. The van der Waals surface area contributed by atoms with Gasteiger partial charge >= 0.3 is 7.82 Å². The lowest BCUT2D eigenvalue weighted by Gasteiger charge is -2.28. The molecule has 0 amide bonds. The van der Waals surface area contributed by atoms with E-state index in [1.807, 2.05) is 0 Å². The maximum atomic E-state index is 13.5. The minimum absolute atomic E-state index is 0.0705. The molecule has 4 atom stereocenters. The first kappa shape index (κ1) is 30.1. The largest absolute Gasteiger partial charge is 0.474 e. The molecule has 1 saturated heterocycles. The van der Waals surface area contributed by atoms with Crippen molar-refractivity contribution in [3.05, 3.63) is 27.4 Å². The molecule has 1 aliphatic heterocycles. The molecule has 0 bridgehead atoms. The van der Waals surface area contributed by atoms with Gasteiger partial charge in [-0.3, -0.25) is 37.5 Å². The average Bonchev–Trinajstić information content (AvgIpc) is 3.08. The normalized spacial score (nSPS) is 25.0. The van der Waals surface area contributed by atoms with Crippen LogP contribution in [0.1, 0.15) is 43.6 Å². The zero-order chi connectivity index (χ0) is 30.5. The van der Waals surface area contributed by atoms with Gasteiger partial charge < -0.3 is 14.9 Å². The van der Waals surface area contributed by atoms with E-state index >= 15 is 0 Å². The first-order valence-electron chi connectivity index (χ1n) is 12.7. The van der Waals surface area contributed by atoms with Crippen molar-refractivity contribution in [2.24, 2.45) is 11.8 Å². The van der Waals surface area contributed by atoms with Gasteiger partial charge in [-0.2, -0.15) is 0 Å². The van der Waals surface area contributed by atoms with Gasteiger partial charge in [0.1, 0.15) is 17.8 Å². The SMILES string of the molecule is [2H]C([2H])(OP(=O)(OCCSC(=O)C(C)C)OCCSC(=O)C(C)C)[C@H]1O[C@@H](n2ccc(=O)[nH]c2=S)C(C)(O)[C@H]1O. The lowest BCUT2D eigenvalue weighted by Crippen LogP contribution is -2.44. The number of aromatic amines is 1. The molecule has 0 radical (unpaired) electrons.